The summed E-state index contributed by atoms with van der Waals surface area (Å²) in [5.41, 5.74) is 3.80. The maximum atomic E-state index is 2.51. The average molecular weight is 200 g/mol. The molecule has 0 amide bonds. The van der Waals surface area contributed by atoms with E-state index >= 15 is 0 Å². The van der Waals surface area contributed by atoms with Crippen LogP contribution in [-0.4, -0.2) is 0 Å². The minimum atomic E-state index is 0.507. The van der Waals surface area contributed by atoms with E-state index in [0.717, 1.165) is 5.92 Å². The zero-order chi connectivity index (χ0) is 10.3. The molecule has 0 bridgehead atoms. The molecule has 1 fully saturated rings. The number of fused-ring (bicyclic) bond motifs is 3. The van der Waals surface area contributed by atoms with Gasteiger partial charge in [0, 0.05) is 0 Å². The van der Waals surface area contributed by atoms with Gasteiger partial charge in [-0.1, -0.05) is 44.0 Å². The summed E-state index contributed by atoms with van der Waals surface area (Å²) in [6, 6.07) is 9.14. The molecule has 0 spiro atoms. The summed E-state index contributed by atoms with van der Waals surface area (Å²) in [5.74, 6) is 0.959. The van der Waals surface area contributed by atoms with Crippen molar-refractivity contribution in [2.24, 2.45) is 5.92 Å². The standard InChI is InChI=1S/C15H20/c1-15-11-5-4-7-13(15)10-9-12-6-2-3-8-14(12)15/h2-3,6,8,13H,4-5,7,9-11H2,1H3/t13-,15-/m1/s1. The second-order valence-electron chi connectivity index (χ2n) is 5.56. The van der Waals surface area contributed by atoms with Crippen molar-refractivity contribution in [2.45, 2.75) is 50.9 Å². The molecule has 2 atom stereocenters. The van der Waals surface area contributed by atoms with Crippen LogP contribution in [0.5, 0.6) is 0 Å². The third kappa shape index (κ3) is 1.34. The largest absolute Gasteiger partial charge is 0.0620 e. The van der Waals surface area contributed by atoms with Crippen molar-refractivity contribution < 1.29 is 0 Å². The Balaban J connectivity index is 2.09. The smallest absolute Gasteiger partial charge is 0.00442 e. The fourth-order valence-electron chi connectivity index (χ4n) is 3.85. The molecule has 0 heteroatoms. The molecule has 0 radical (unpaired) electrons. The van der Waals surface area contributed by atoms with Crippen LogP contribution in [0.25, 0.3) is 0 Å². The normalized spacial score (nSPS) is 34.3. The molecule has 3 rings (SSSR count). The first-order valence-electron chi connectivity index (χ1n) is 6.39. The van der Waals surface area contributed by atoms with E-state index in [4.69, 9.17) is 0 Å². The molecule has 80 valence electrons. The lowest BCUT2D eigenvalue weighted by Crippen LogP contribution is -2.39. The molecule has 0 N–H and O–H groups in total. The predicted octanol–water partition coefficient (Wildman–Crippen LogP) is 4.08. The maximum Gasteiger partial charge on any atom is -0.00442 e. The van der Waals surface area contributed by atoms with Gasteiger partial charge in [-0.25, -0.2) is 0 Å². The first kappa shape index (κ1) is 9.45. The van der Waals surface area contributed by atoms with Crippen LogP contribution in [0.15, 0.2) is 24.3 Å². The SMILES string of the molecule is C[C@@]12CCCC[C@@H]1CCc1ccccc12. The zero-order valence-corrected chi connectivity index (χ0v) is 9.63. The van der Waals surface area contributed by atoms with Crippen molar-refractivity contribution in [1.82, 2.24) is 0 Å². The summed E-state index contributed by atoms with van der Waals surface area (Å²) >= 11 is 0. The average Bonchev–Trinajstić information content (AvgIpc) is 2.29. The summed E-state index contributed by atoms with van der Waals surface area (Å²) in [7, 11) is 0. The minimum absolute atomic E-state index is 0.507. The van der Waals surface area contributed by atoms with Gasteiger partial charge in [-0.15, -0.1) is 0 Å². The first-order valence-corrected chi connectivity index (χ1v) is 6.39. The molecule has 1 saturated carbocycles. The highest BCUT2D eigenvalue weighted by molar-refractivity contribution is 5.37. The summed E-state index contributed by atoms with van der Waals surface area (Å²) < 4.78 is 0. The Kier molecular flexibility index (Phi) is 2.12. The molecule has 2 aliphatic carbocycles. The molecule has 0 aromatic heterocycles. The van der Waals surface area contributed by atoms with E-state index in [9.17, 15) is 0 Å². The zero-order valence-electron chi connectivity index (χ0n) is 9.63. The quantitative estimate of drug-likeness (QED) is 0.592. The Bertz CT molecular complexity index is 366. The fourth-order valence-corrected chi connectivity index (χ4v) is 3.85. The molecule has 15 heavy (non-hydrogen) atoms. The monoisotopic (exact) mass is 200 g/mol. The number of hydrogen-bond acceptors (Lipinski definition) is 0. The van der Waals surface area contributed by atoms with E-state index in [2.05, 4.69) is 31.2 Å². The van der Waals surface area contributed by atoms with Gasteiger partial charge < -0.3 is 0 Å². The number of benzene rings is 1. The molecule has 2 aliphatic rings. The van der Waals surface area contributed by atoms with E-state index < -0.39 is 0 Å². The van der Waals surface area contributed by atoms with Gasteiger partial charge in [-0.05, 0) is 48.1 Å². The van der Waals surface area contributed by atoms with Gasteiger partial charge in [0.25, 0.3) is 0 Å². The van der Waals surface area contributed by atoms with Crippen LogP contribution in [0.2, 0.25) is 0 Å². The molecule has 0 aliphatic heterocycles. The Morgan fingerprint density at radius 2 is 2.00 bits per heavy atom. The molecular weight excluding hydrogens is 180 g/mol. The van der Waals surface area contributed by atoms with Crippen molar-refractivity contribution in [3.8, 4) is 0 Å². The van der Waals surface area contributed by atoms with Crippen LogP contribution in [0.1, 0.15) is 50.2 Å². The summed E-state index contributed by atoms with van der Waals surface area (Å²) in [4.78, 5) is 0. The summed E-state index contributed by atoms with van der Waals surface area (Å²) in [6.07, 6.45) is 8.51. The van der Waals surface area contributed by atoms with Gasteiger partial charge in [0.15, 0.2) is 0 Å². The molecule has 0 nitrogen and oxygen atoms in total. The highest BCUT2D eigenvalue weighted by Crippen LogP contribution is 2.49. The van der Waals surface area contributed by atoms with Crippen molar-refractivity contribution in [2.75, 3.05) is 0 Å². The highest BCUT2D eigenvalue weighted by atomic mass is 14.4. The number of aryl methyl sites for hydroxylation is 1. The third-order valence-corrected chi connectivity index (χ3v) is 4.79. The molecule has 0 unspecified atom stereocenters. The summed E-state index contributed by atoms with van der Waals surface area (Å²) in [5, 5.41) is 0. The lowest BCUT2D eigenvalue weighted by molar-refractivity contribution is 0.178. The van der Waals surface area contributed by atoms with Gasteiger partial charge >= 0.3 is 0 Å². The minimum Gasteiger partial charge on any atom is -0.0620 e. The Labute approximate surface area is 92.7 Å². The Morgan fingerprint density at radius 3 is 2.93 bits per heavy atom. The predicted molar refractivity (Wildman–Crippen MR) is 64.1 cm³/mol. The Morgan fingerprint density at radius 1 is 1.13 bits per heavy atom. The highest BCUT2D eigenvalue weighted by Gasteiger charge is 2.41. The maximum absolute atomic E-state index is 2.51. The topological polar surface area (TPSA) is 0 Å². The summed E-state index contributed by atoms with van der Waals surface area (Å²) in [6.45, 7) is 2.51. The van der Waals surface area contributed by atoms with Crippen LogP contribution in [-0.2, 0) is 11.8 Å². The van der Waals surface area contributed by atoms with Crippen molar-refractivity contribution >= 4 is 0 Å². The van der Waals surface area contributed by atoms with Crippen molar-refractivity contribution in [3.05, 3.63) is 35.4 Å². The van der Waals surface area contributed by atoms with Gasteiger partial charge in [0.2, 0.25) is 0 Å². The van der Waals surface area contributed by atoms with Gasteiger partial charge in [-0.2, -0.15) is 0 Å². The van der Waals surface area contributed by atoms with Crippen LogP contribution in [0.3, 0.4) is 0 Å². The number of rotatable bonds is 0. The van der Waals surface area contributed by atoms with Crippen LogP contribution < -0.4 is 0 Å². The van der Waals surface area contributed by atoms with Crippen molar-refractivity contribution in [3.63, 3.8) is 0 Å². The van der Waals surface area contributed by atoms with Gasteiger partial charge in [0.1, 0.15) is 0 Å². The first-order chi connectivity index (χ1) is 7.31. The lowest BCUT2D eigenvalue weighted by Gasteiger charge is -2.46. The van der Waals surface area contributed by atoms with E-state index in [-0.39, 0.29) is 0 Å². The molecular formula is C15H20. The molecule has 0 saturated heterocycles. The molecule has 0 heterocycles. The van der Waals surface area contributed by atoms with Crippen LogP contribution in [0.4, 0.5) is 0 Å². The van der Waals surface area contributed by atoms with Gasteiger partial charge in [-0.3, -0.25) is 0 Å². The second kappa shape index (κ2) is 3.37. The van der Waals surface area contributed by atoms with E-state index in [0.29, 0.717) is 5.41 Å². The molecule has 1 aromatic rings. The number of hydrogen-bond donors (Lipinski definition) is 0. The Hall–Kier alpha value is -0.780. The van der Waals surface area contributed by atoms with E-state index in [1.54, 1.807) is 11.1 Å². The van der Waals surface area contributed by atoms with Crippen LogP contribution in [0, 0.1) is 5.92 Å². The lowest BCUT2D eigenvalue weighted by atomic mass is 9.58. The van der Waals surface area contributed by atoms with E-state index in [1.165, 1.54) is 38.5 Å². The van der Waals surface area contributed by atoms with Crippen LogP contribution >= 0.6 is 0 Å². The van der Waals surface area contributed by atoms with Crippen molar-refractivity contribution in [1.29, 1.82) is 0 Å². The fraction of sp³-hybridized carbons (Fsp3) is 0.600. The third-order valence-electron chi connectivity index (χ3n) is 4.79. The molecule has 1 aromatic carbocycles. The second-order valence-corrected chi connectivity index (χ2v) is 5.56. The van der Waals surface area contributed by atoms with E-state index in [1.807, 2.05) is 0 Å². The van der Waals surface area contributed by atoms with Gasteiger partial charge in [0.05, 0.1) is 0 Å².